The van der Waals surface area contributed by atoms with Crippen LogP contribution in [0.15, 0.2) is 0 Å². The number of quaternary nitrogens is 2. The summed E-state index contributed by atoms with van der Waals surface area (Å²) in [5.41, 5.74) is 3.13. The monoisotopic (exact) mass is 399 g/mol. The van der Waals surface area contributed by atoms with E-state index in [1.165, 1.54) is 14.2 Å². The summed E-state index contributed by atoms with van der Waals surface area (Å²) >= 11 is 20.5. The number of ether oxygens (including phenoxy) is 2. The molecule has 0 aromatic heterocycles. The van der Waals surface area contributed by atoms with E-state index in [0.717, 1.165) is 0 Å². The molecule has 1 N–H and O–H groups in total. The largest absolute Gasteiger partial charge is 0.469 e. The van der Waals surface area contributed by atoms with Crippen LogP contribution in [0.5, 0.6) is 0 Å². The number of methoxy groups -OCH3 is 2. The molecule has 7 nitrogen and oxygen atoms in total. The lowest BCUT2D eigenvalue weighted by Crippen LogP contribution is -2.72. The molecular weight excluding hydrogens is 378 g/mol. The van der Waals surface area contributed by atoms with Crippen LogP contribution < -0.4 is 5.53 Å². The highest BCUT2D eigenvalue weighted by molar-refractivity contribution is 8.00. The SMILES string of the molecule is COC(=O)CC[N+](C)(N[N+](C)(CCC(=O)OC)C(=S)[S-])C(=S)[S-]. The van der Waals surface area contributed by atoms with E-state index in [2.05, 4.69) is 15.0 Å². The normalized spacial score (nSPS) is 15.8. The van der Waals surface area contributed by atoms with Gasteiger partial charge in [0, 0.05) is 0 Å². The summed E-state index contributed by atoms with van der Waals surface area (Å²) < 4.78 is 9.42. The van der Waals surface area contributed by atoms with Crippen molar-refractivity contribution >= 4 is 70.3 Å². The van der Waals surface area contributed by atoms with Crippen LogP contribution in [0.3, 0.4) is 0 Å². The van der Waals surface area contributed by atoms with E-state index in [0.29, 0.717) is 0 Å². The topological polar surface area (TPSA) is 64.6 Å². The number of nitrogens with zero attached hydrogens (tertiary/aromatic N) is 2. The summed E-state index contributed by atoms with van der Waals surface area (Å²) in [7, 11) is 6.03. The predicted octanol–water partition coefficient (Wildman–Crippen LogP) is 0.0890. The number of thiocarbonyl (C=S) groups is 2. The second kappa shape index (κ2) is 9.67. The second-order valence-electron chi connectivity index (χ2n) is 5.11. The van der Waals surface area contributed by atoms with Crippen LogP contribution in [0.1, 0.15) is 12.8 Å². The number of nitrogens with one attached hydrogen (secondary N) is 1. The fraction of sp³-hybridized carbons (Fsp3) is 0.667. The number of rotatable bonds is 8. The number of carbonyl (C=O) groups is 2. The highest BCUT2D eigenvalue weighted by Gasteiger charge is 2.35. The van der Waals surface area contributed by atoms with Gasteiger partial charge in [-0.3, -0.25) is 9.59 Å². The van der Waals surface area contributed by atoms with Crippen molar-refractivity contribution in [2.45, 2.75) is 12.8 Å². The van der Waals surface area contributed by atoms with Gasteiger partial charge >= 0.3 is 11.9 Å². The Kier molecular flexibility index (Phi) is 9.43. The van der Waals surface area contributed by atoms with Crippen LogP contribution in [0.4, 0.5) is 0 Å². The number of hydrogen-bond donors (Lipinski definition) is 1. The average molecular weight is 400 g/mol. The van der Waals surface area contributed by atoms with Crippen molar-refractivity contribution in [3.05, 3.63) is 0 Å². The van der Waals surface area contributed by atoms with Gasteiger partial charge in [0.25, 0.3) is 0 Å². The molecule has 0 saturated heterocycles. The lowest BCUT2D eigenvalue weighted by molar-refractivity contribution is -1.07. The molecule has 132 valence electrons. The molecule has 23 heavy (non-hydrogen) atoms. The zero-order valence-corrected chi connectivity index (χ0v) is 16.8. The van der Waals surface area contributed by atoms with Crippen molar-refractivity contribution in [2.75, 3.05) is 41.4 Å². The van der Waals surface area contributed by atoms with Gasteiger partial charge in [-0.15, -0.1) is 0 Å². The summed E-state index contributed by atoms with van der Waals surface area (Å²) in [6.45, 7) is 0.526. The van der Waals surface area contributed by atoms with Crippen molar-refractivity contribution in [2.24, 2.45) is 0 Å². The molecule has 0 radical (unpaired) electrons. The van der Waals surface area contributed by atoms with Gasteiger partial charge < -0.3 is 59.2 Å². The molecule has 0 aromatic carbocycles. The molecule has 0 fully saturated rings. The Hall–Kier alpha value is -0.560. The Morgan fingerprint density at radius 3 is 1.43 bits per heavy atom. The minimum Gasteiger partial charge on any atom is -0.469 e. The van der Waals surface area contributed by atoms with Crippen LogP contribution in [0, 0.1) is 0 Å². The quantitative estimate of drug-likeness (QED) is 0.201. The maximum Gasteiger partial charge on any atom is 0.311 e. The summed E-state index contributed by atoms with van der Waals surface area (Å²) in [5.74, 6) is -0.765. The molecule has 0 bridgehead atoms. The zero-order valence-electron chi connectivity index (χ0n) is 13.5. The van der Waals surface area contributed by atoms with E-state index in [1.807, 2.05) is 0 Å². The van der Waals surface area contributed by atoms with Crippen molar-refractivity contribution in [1.29, 1.82) is 0 Å². The lowest BCUT2D eigenvalue weighted by Gasteiger charge is -2.44. The molecule has 0 aliphatic heterocycles. The van der Waals surface area contributed by atoms with Gasteiger partial charge in [0.15, 0.2) is 0 Å². The molecule has 0 amide bonds. The third-order valence-electron chi connectivity index (χ3n) is 3.23. The third-order valence-corrected chi connectivity index (χ3v) is 4.84. The summed E-state index contributed by atoms with van der Waals surface area (Å²) in [4.78, 5) is 22.8. The molecule has 11 heteroatoms. The van der Waals surface area contributed by atoms with E-state index in [-0.39, 0.29) is 55.7 Å². The first-order chi connectivity index (χ1) is 10.5. The van der Waals surface area contributed by atoms with Gasteiger partial charge in [0.2, 0.25) is 0 Å². The Balaban J connectivity index is 5.22. The van der Waals surface area contributed by atoms with E-state index in [1.54, 1.807) is 14.1 Å². The maximum absolute atomic E-state index is 11.4. The van der Waals surface area contributed by atoms with Gasteiger partial charge in [-0.25, -0.2) is 0 Å². The fourth-order valence-corrected chi connectivity index (χ4v) is 2.21. The van der Waals surface area contributed by atoms with E-state index >= 15 is 0 Å². The Morgan fingerprint density at radius 1 is 0.913 bits per heavy atom. The predicted molar refractivity (Wildman–Crippen MR) is 98.4 cm³/mol. The number of carbonyl (C=O) groups excluding carboxylic acids is 2. The van der Waals surface area contributed by atoms with Crippen molar-refractivity contribution in [3.63, 3.8) is 0 Å². The summed E-state index contributed by atoms with van der Waals surface area (Å²) in [5, 5.41) is 0. The van der Waals surface area contributed by atoms with Crippen molar-refractivity contribution < 1.29 is 28.2 Å². The molecule has 0 heterocycles. The molecule has 0 aliphatic rings. The van der Waals surface area contributed by atoms with Gasteiger partial charge in [-0.1, -0.05) is 0 Å². The second-order valence-corrected chi connectivity index (χ2v) is 7.18. The molecule has 0 saturated carbocycles. The first-order valence-corrected chi connectivity index (χ1v) is 8.21. The van der Waals surface area contributed by atoms with Gasteiger partial charge in [-0.2, -0.15) is 9.18 Å². The maximum atomic E-state index is 11.4. The summed E-state index contributed by atoms with van der Waals surface area (Å²) in [6.07, 6.45) is 0.218. The molecular formula is C12H21N3O4S4. The first kappa shape index (κ1) is 22.4. The highest BCUT2D eigenvalue weighted by atomic mass is 32.1. The van der Waals surface area contributed by atoms with E-state index in [4.69, 9.17) is 49.7 Å². The molecule has 0 rings (SSSR count). The van der Waals surface area contributed by atoms with Crippen LogP contribution >= 0.6 is 24.4 Å². The van der Waals surface area contributed by atoms with Crippen molar-refractivity contribution in [3.8, 4) is 0 Å². The number of hydrogen-bond acceptors (Lipinski definition) is 9. The Morgan fingerprint density at radius 2 is 1.22 bits per heavy atom. The minimum absolute atomic E-state index is 0.103. The van der Waals surface area contributed by atoms with Crippen LogP contribution in [-0.2, 0) is 44.3 Å². The van der Waals surface area contributed by atoms with Gasteiger partial charge in [0.1, 0.15) is 13.1 Å². The Labute approximate surface area is 158 Å². The minimum atomic E-state index is -0.382. The highest BCUT2D eigenvalue weighted by Crippen LogP contribution is 2.11. The average Bonchev–Trinajstić information content (AvgIpc) is 2.49. The molecule has 2 atom stereocenters. The van der Waals surface area contributed by atoms with Crippen LogP contribution in [0.2, 0.25) is 0 Å². The molecule has 0 spiro atoms. The molecule has 0 aliphatic carbocycles. The Bertz CT molecular complexity index is 449. The van der Waals surface area contributed by atoms with E-state index in [9.17, 15) is 9.59 Å². The standard InChI is InChI=1S/C12H21N3O4S4/c1-14(11(20)21,7-5-9(16)18-3)13-15(2,12(22)23)8-6-10(17)19-4/h13H,5-8H2,1-4H3. The van der Waals surface area contributed by atoms with Gasteiger partial charge in [0.05, 0.1) is 49.8 Å². The van der Waals surface area contributed by atoms with Crippen LogP contribution in [-0.4, -0.2) is 71.2 Å². The smallest absolute Gasteiger partial charge is 0.311 e. The molecule has 2 unspecified atom stereocenters. The first-order valence-electron chi connectivity index (χ1n) is 6.58. The van der Waals surface area contributed by atoms with Gasteiger partial charge in [-0.05, 0) is 5.53 Å². The number of esters is 2. The third kappa shape index (κ3) is 7.25. The van der Waals surface area contributed by atoms with Crippen molar-refractivity contribution in [1.82, 2.24) is 5.53 Å². The summed E-state index contributed by atoms with van der Waals surface area (Å²) in [6, 6.07) is 0. The van der Waals surface area contributed by atoms with Crippen LogP contribution in [0.25, 0.3) is 0 Å². The van der Waals surface area contributed by atoms with E-state index < -0.39 is 0 Å². The lowest BCUT2D eigenvalue weighted by atomic mass is 10.4. The molecule has 0 aromatic rings. The zero-order chi connectivity index (χ0) is 18.3. The fourth-order valence-electron chi connectivity index (χ4n) is 1.69.